The Bertz CT molecular complexity index is 809. The summed E-state index contributed by atoms with van der Waals surface area (Å²) in [5, 5.41) is 0. The Morgan fingerprint density at radius 2 is 1.75 bits per heavy atom. The Morgan fingerprint density at radius 3 is 2.25 bits per heavy atom. The summed E-state index contributed by atoms with van der Waals surface area (Å²) in [6, 6.07) is -0.174. The van der Waals surface area contributed by atoms with Crippen LogP contribution in [0.5, 0.6) is 0 Å². The van der Waals surface area contributed by atoms with Crippen molar-refractivity contribution < 1.29 is 42.5 Å². The van der Waals surface area contributed by atoms with Crippen LogP contribution in [0.15, 0.2) is 9.59 Å². The average Bonchev–Trinajstić information content (AvgIpc) is 2.44. The van der Waals surface area contributed by atoms with E-state index in [-0.39, 0.29) is 41.3 Å². The van der Waals surface area contributed by atoms with E-state index in [1.807, 2.05) is 0 Å². The van der Waals surface area contributed by atoms with Gasteiger partial charge in [0.1, 0.15) is 21.7 Å². The summed E-state index contributed by atoms with van der Waals surface area (Å²) < 4.78 is 35.6. The smallest absolute Gasteiger partial charge is 0.747 e. The Kier molecular flexibility index (Phi) is 7.30. The Labute approximate surface area is 163 Å². The van der Waals surface area contributed by atoms with Crippen LogP contribution in [-0.4, -0.2) is 35.0 Å². The molecule has 0 saturated heterocycles. The molecular weight excluding hydrogens is 345 g/mol. The zero-order valence-electron chi connectivity index (χ0n) is 14.6. The zero-order chi connectivity index (χ0) is 17.4. The quantitative estimate of drug-likeness (QED) is 0.424. The molecule has 10 heteroatoms. The first kappa shape index (κ1) is 21.4. The number of hydrogen-bond acceptors (Lipinski definition) is 6. The molecule has 0 amide bonds. The summed E-state index contributed by atoms with van der Waals surface area (Å²) in [5.74, 6) is -0.814. The monoisotopic (exact) mass is 367 g/mol. The molecular formula is C14H22N3NaO5S. The summed E-state index contributed by atoms with van der Waals surface area (Å²) in [6.07, 6.45) is 4.49. The summed E-state index contributed by atoms with van der Waals surface area (Å²) >= 11 is 0. The molecule has 0 bridgehead atoms. The van der Waals surface area contributed by atoms with Gasteiger partial charge in [0.25, 0.3) is 5.56 Å². The molecule has 1 aliphatic carbocycles. The van der Waals surface area contributed by atoms with E-state index in [0.717, 1.165) is 37.0 Å². The van der Waals surface area contributed by atoms with Crippen molar-refractivity contribution in [1.29, 1.82) is 0 Å². The second-order valence-corrected chi connectivity index (χ2v) is 7.50. The molecule has 1 heterocycles. The van der Waals surface area contributed by atoms with E-state index in [1.54, 1.807) is 14.0 Å². The van der Waals surface area contributed by atoms with Crippen LogP contribution in [0.1, 0.15) is 43.8 Å². The Morgan fingerprint density at radius 1 is 1.21 bits per heavy atom. The SMILES string of the molecule is Cc1c(N(C)CS(=O)(=O)[O-])c(=O)n(C2CCCCC2)c(=O)n1C.[Na+]. The number of nitrogens with zero attached hydrogens (tertiary/aromatic N) is 3. The molecule has 1 aliphatic rings. The minimum atomic E-state index is -4.53. The van der Waals surface area contributed by atoms with Crippen molar-refractivity contribution in [2.24, 2.45) is 7.05 Å². The first-order chi connectivity index (χ1) is 10.6. The summed E-state index contributed by atoms with van der Waals surface area (Å²) in [6.45, 7) is 1.57. The molecule has 1 aromatic rings. The zero-order valence-corrected chi connectivity index (χ0v) is 17.4. The van der Waals surface area contributed by atoms with Gasteiger partial charge < -0.3 is 9.45 Å². The average molecular weight is 367 g/mol. The van der Waals surface area contributed by atoms with Crippen molar-refractivity contribution in [3.63, 3.8) is 0 Å². The van der Waals surface area contributed by atoms with E-state index in [2.05, 4.69) is 0 Å². The summed E-state index contributed by atoms with van der Waals surface area (Å²) in [7, 11) is -1.61. The molecule has 0 unspecified atom stereocenters. The number of hydrogen-bond donors (Lipinski definition) is 0. The molecule has 8 nitrogen and oxygen atoms in total. The number of aromatic nitrogens is 2. The third-order valence-electron chi connectivity index (χ3n) is 4.43. The van der Waals surface area contributed by atoms with Crippen molar-refractivity contribution in [1.82, 2.24) is 9.13 Å². The molecule has 2 rings (SSSR count). The first-order valence-corrected chi connectivity index (χ1v) is 9.18. The van der Waals surface area contributed by atoms with Crippen LogP contribution in [0.4, 0.5) is 5.69 Å². The minimum Gasteiger partial charge on any atom is -0.747 e. The molecule has 0 radical (unpaired) electrons. The standard InChI is InChI=1S/C14H23N3O5S.Na/c1-10-12(15(2)9-23(20,21)22)13(18)17(14(19)16(10)3)11-7-5-4-6-8-11;/h11H,4-9H2,1-3H3,(H,20,21,22);/q;+1/p-1. The Hall–Kier alpha value is -0.610. The van der Waals surface area contributed by atoms with Crippen LogP contribution in [0.3, 0.4) is 0 Å². The topological polar surface area (TPSA) is 104 Å². The molecule has 0 aromatic carbocycles. The van der Waals surface area contributed by atoms with Gasteiger partial charge in [-0.2, -0.15) is 0 Å². The van der Waals surface area contributed by atoms with Crippen molar-refractivity contribution in [2.45, 2.75) is 45.1 Å². The first-order valence-electron chi connectivity index (χ1n) is 7.60. The van der Waals surface area contributed by atoms with E-state index in [9.17, 15) is 22.6 Å². The second-order valence-electron chi connectivity index (χ2n) is 6.13. The van der Waals surface area contributed by atoms with Gasteiger partial charge in [-0.25, -0.2) is 13.2 Å². The van der Waals surface area contributed by atoms with E-state index in [1.165, 1.54) is 16.2 Å². The van der Waals surface area contributed by atoms with E-state index >= 15 is 0 Å². The predicted octanol–water partition coefficient (Wildman–Crippen LogP) is -2.70. The van der Waals surface area contributed by atoms with E-state index < -0.39 is 27.2 Å². The molecule has 0 N–H and O–H groups in total. The third-order valence-corrected chi connectivity index (χ3v) is 5.14. The fraction of sp³-hybridized carbons (Fsp3) is 0.714. The van der Waals surface area contributed by atoms with Crippen LogP contribution in [0.2, 0.25) is 0 Å². The normalized spacial score (nSPS) is 15.8. The van der Waals surface area contributed by atoms with Crippen LogP contribution in [0, 0.1) is 6.92 Å². The largest absolute Gasteiger partial charge is 1.00 e. The van der Waals surface area contributed by atoms with Crippen molar-refractivity contribution in [2.75, 3.05) is 17.8 Å². The van der Waals surface area contributed by atoms with Crippen molar-refractivity contribution >= 4 is 15.8 Å². The molecule has 0 aliphatic heterocycles. The second kappa shape index (κ2) is 8.18. The molecule has 1 saturated carbocycles. The fourth-order valence-corrected chi connectivity index (χ4v) is 3.83. The van der Waals surface area contributed by atoms with Gasteiger partial charge in [-0.15, -0.1) is 0 Å². The van der Waals surface area contributed by atoms with Gasteiger partial charge in [0.15, 0.2) is 0 Å². The summed E-state index contributed by atoms with van der Waals surface area (Å²) in [4.78, 5) is 26.4. The van der Waals surface area contributed by atoms with Gasteiger partial charge in [0.05, 0.1) is 0 Å². The van der Waals surface area contributed by atoms with Crippen LogP contribution < -0.4 is 45.7 Å². The molecule has 24 heavy (non-hydrogen) atoms. The summed E-state index contributed by atoms with van der Waals surface area (Å²) in [5.41, 5.74) is -0.500. The van der Waals surface area contributed by atoms with Gasteiger partial charge in [-0.3, -0.25) is 13.9 Å². The maximum absolute atomic E-state index is 12.8. The van der Waals surface area contributed by atoms with Gasteiger partial charge >= 0.3 is 35.2 Å². The number of anilines is 1. The van der Waals surface area contributed by atoms with E-state index in [4.69, 9.17) is 0 Å². The van der Waals surface area contributed by atoms with Crippen LogP contribution in [0.25, 0.3) is 0 Å². The molecule has 1 fully saturated rings. The molecule has 130 valence electrons. The van der Waals surface area contributed by atoms with Crippen molar-refractivity contribution in [3.8, 4) is 0 Å². The fourth-order valence-electron chi connectivity index (χ4n) is 3.22. The van der Waals surface area contributed by atoms with Crippen LogP contribution in [-0.2, 0) is 17.2 Å². The van der Waals surface area contributed by atoms with Gasteiger partial charge in [-0.05, 0) is 19.8 Å². The maximum atomic E-state index is 12.8. The van der Waals surface area contributed by atoms with Crippen LogP contribution >= 0.6 is 0 Å². The third kappa shape index (κ3) is 4.51. The van der Waals surface area contributed by atoms with Gasteiger partial charge in [-0.1, -0.05) is 19.3 Å². The molecule has 0 spiro atoms. The Balaban J connectivity index is 0.00000288. The predicted molar refractivity (Wildman–Crippen MR) is 85.8 cm³/mol. The van der Waals surface area contributed by atoms with Gasteiger partial charge in [0, 0.05) is 25.8 Å². The van der Waals surface area contributed by atoms with Gasteiger partial charge in [0.2, 0.25) is 0 Å². The van der Waals surface area contributed by atoms with Crippen molar-refractivity contribution in [3.05, 3.63) is 26.5 Å². The minimum absolute atomic E-state index is 0. The molecule has 0 atom stereocenters. The maximum Gasteiger partial charge on any atom is 1.00 e. The molecule has 1 aromatic heterocycles. The number of rotatable bonds is 4. The van der Waals surface area contributed by atoms with E-state index in [0.29, 0.717) is 5.69 Å².